The van der Waals surface area contributed by atoms with Crippen molar-refractivity contribution in [2.24, 2.45) is 0 Å². The number of ether oxygens (including phenoxy) is 2. The second kappa shape index (κ2) is 7.44. The predicted molar refractivity (Wildman–Crippen MR) is 80.3 cm³/mol. The van der Waals surface area contributed by atoms with Crippen LogP contribution < -0.4 is 14.8 Å². The van der Waals surface area contributed by atoms with Crippen LogP contribution in [0.3, 0.4) is 0 Å². The van der Waals surface area contributed by atoms with Crippen LogP contribution in [0, 0.1) is 0 Å². The van der Waals surface area contributed by atoms with Crippen molar-refractivity contribution in [1.82, 2.24) is 0 Å². The Morgan fingerprint density at radius 2 is 1.96 bits per heavy atom. The number of alkyl halides is 2. The smallest absolute Gasteiger partial charge is 0.387 e. The first kappa shape index (κ1) is 16.5. The van der Waals surface area contributed by atoms with E-state index in [4.69, 9.17) is 4.74 Å². The van der Waals surface area contributed by atoms with Gasteiger partial charge in [-0.15, -0.1) is 0 Å². The Labute approximate surface area is 131 Å². The lowest BCUT2D eigenvalue weighted by Gasteiger charge is -2.13. The largest absolute Gasteiger partial charge is 0.506 e. The summed E-state index contributed by atoms with van der Waals surface area (Å²) in [5.74, 6) is -0.710. The van der Waals surface area contributed by atoms with Crippen LogP contribution in [-0.4, -0.2) is 24.2 Å². The van der Waals surface area contributed by atoms with Gasteiger partial charge in [-0.05, 0) is 37.3 Å². The van der Waals surface area contributed by atoms with E-state index in [1.54, 1.807) is 19.1 Å². The quantitative estimate of drug-likeness (QED) is 0.796. The van der Waals surface area contributed by atoms with Gasteiger partial charge in [0.2, 0.25) is 0 Å². The Kier molecular flexibility index (Phi) is 5.35. The Morgan fingerprint density at radius 3 is 2.61 bits per heavy atom. The summed E-state index contributed by atoms with van der Waals surface area (Å²) in [7, 11) is 0. The van der Waals surface area contributed by atoms with Gasteiger partial charge in [0.1, 0.15) is 5.75 Å². The molecule has 0 atom stereocenters. The SMILES string of the molecule is CCOc1cc(C(=O)Nc2ccccc2O)ccc1OC(F)F. The summed E-state index contributed by atoms with van der Waals surface area (Å²) in [4.78, 5) is 12.2. The summed E-state index contributed by atoms with van der Waals surface area (Å²) < 4.78 is 34.2. The van der Waals surface area contributed by atoms with Gasteiger partial charge in [-0.25, -0.2) is 0 Å². The standard InChI is InChI=1S/C16H15F2NO4/c1-2-22-14-9-10(7-8-13(14)23-16(17)18)15(21)19-11-5-3-4-6-12(11)20/h3-9,16,20H,2H2,1H3,(H,19,21). The highest BCUT2D eigenvalue weighted by Crippen LogP contribution is 2.30. The molecule has 2 aromatic carbocycles. The van der Waals surface area contributed by atoms with E-state index in [-0.39, 0.29) is 35.1 Å². The van der Waals surface area contributed by atoms with Gasteiger partial charge in [0.25, 0.3) is 5.91 Å². The number of para-hydroxylation sites is 2. The number of halogens is 2. The molecular formula is C16H15F2NO4. The second-order valence-electron chi connectivity index (χ2n) is 4.44. The molecule has 0 unspecified atom stereocenters. The fourth-order valence-electron chi connectivity index (χ4n) is 1.88. The van der Waals surface area contributed by atoms with Gasteiger partial charge in [0.15, 0.2) is 11.5 Å². The van der Waals surface area contributed by atoms with Crippen molar-refractivity contribution in [3.8, 4) is 17.2 Å². The first-order valence-electron chi connectivity index (χ1n) is 6.82. The number of carbonyl (C=O) groups is 1. The van der Waals surface area contributed by atoms with Crippen LogP contribution in [0.5, 0.6) is 17.2 Å². The number of carbonyl (C=O) groups excluding carboxylic acids is 1. The van der Waals surface area contributed by atoms with Crippen molar-refractivity contribution < 1.29 is 28.2 Å². The first-order valence-corrected chi connectivity index (χ1v) is 6.82. The number of hydrogen-bond acceptors (Lipinski definition) is 4. The minimum Gasteiger partial charge on any atom is -0.506 e. The third-order valence-corrected chi connectivity index (χ3v) is 2.87. The summed E-state index contributed by atoms with van der Waals surface area (Å²) in [6, 6.07) is 10.1. The van der Waals surface area contributed by atoms with Gasteiger partial charge >= 0.3 is 6.61 Å². The Morgan fingerprint density at radius 1 is 1.22 bits per heavy atom. The molecule has 0 saturated heterocycles. The van der Waals surface area contributed by atoms with Gasteiger partial charge in [0, 0.05) is 5.56 Å². The monoisotopic (exact) mass is 323 g/mol. The number of amides is 1. The number of aromatic hydroxyl groups is 1. The normalized spacial score (nSPS) is 10.4. The summed E-state index contributed by atoms with van der Waals surface area (Å²) in [6.07, 6.45) is 0. The van der Waals surface area contributed by atoms with Crippen LogP contribution in [0.2, 0.25) is 0 Å². The predicted octanol–water partition coefficient (Wildman–Crippen LogP) is 3.64. The summed E-state index contributed by atoms with van der Waals surface area (Å²) in [5, 5.41) is 12.2. The molecule has 0 saturated carbocycles. The first-order chi connectivity index (χ1) is 11.0. The second-order valence-corrected chi connectivity index (χ2v) is 4.44. The highest BCUT2D eigenvalue weighted by Gasteiger charge is 2.15. The summed E-state index contributed by atoms with van der Waals surface area (Å²) in [5.41, 5.74) is 0.418. The molecule has 0 bridgehead atoms. The van der Waals surface area contributed by atoms with Crippen molar-refractivity contribution in [3.63, 3.8) is 0 Å². The van der Waals surface area contributed by atoms with E-state index in [2.05, 4.69) is 10.1 Å². The molecule has 2 rings (SSSR count). The Bertz CT molecular complexity index is 692. The third-order valence-electron chi connectivity index (χ3n) is 2.87. The maximum atomic E-state index is 12.3. The zero-order valence-corrected chi connectivity index (χ0v) is 12.3. The average molecular weight is 323 g/mol. The van der Waals surface area contributed by atoms with Gasteiger partial charge in [-0.2, -0.15) is 8.78 Å². The van der Waals surface area contributed by atoms with E-state index in [0.717, 1.165) is 0 Å². The lowest BCUT2D eigenvalue weighted by molar-refractivity contribution is -0.0514. The zero-order chi connectivity index (χ0) is 16.8. The molecule has 7 heteroatoms. The number of rotatable bonds is 6. The van der Waals surface area contributed by atoms with Crippen LogP contribution >= 0.6 is 0 Å². The molecule has 1 amide bonds. The molecule has 23 heavy (non-hydrogen) atoms. The summed E-state index contributed by atoms with van der Waals surface area (Å²) >= 11 is 0. The summed E-state index contributed by atoms with van der Waals surface area (Å²) in [6.45, 7) is -1.08. The number of benzene rings is 2. The molecule has 0 fully saturated rings. The number of hydrogen-bond donors (Lipinski definition) is 2. The highest BCUT2D eigenvalue weighted by molar-refractivity contribution is 6.05. The minimum atomic E-state index is -2.99. The van der Waals surface area contributed by atoms with Crippen LogP contribution in [0.25, 0.3) is 0 Å². The molecule has 122 valence electrons. The number of phenols is 1. The molecule has 2 aromatic rings. The maximum Gasteiger partial charge on any atom is 0.387 e. The van der Waals surface area contributed by atoms with E-state index in [0.29, 0.717) is 0 Å². The van der Waals surface area contributed by atoms with Gasteiger partial charge in [-0.3, -0.25) is 4.79 Å². The van der Waals surface area contributed by atoms with Crippen LogP contribution in [0.4, 0.5) is 14.5 Å². The maximum absolute atomic E-state index is 12.3. The van der Waals surface area contributed by atoms with Crippen LogP contribution in [-0.2, 0) is 0 Å². The molecule has 0 aliphatic rings. The molecule has 0 spiro atoms. The number of nitrogens with one attached hydrogen (secondary N) is 1. The molecule has 0 radical (unpaired) electrons. The van der Waals surface area contributed by atoms with Crippen LogP contribution in [0.1, 0.15) is 17.3 Å². The number of phenolic OH excluding ortho intramolecular Hbond substituents is 1. The molecule has 0 aliphatic heterocycles. The van der Waals surface area contributed by atoms with Gasteiger partial charge in [0.05, 0.1) is 12.3 Å². The molecule has 0 aliphatic carbocycles. The molecule has 0 aromatic heterocycles. The molecular weight excluding hydrogens is 308 g/mol. The van der Waals surface area contributed by atoms with E-state index in [1.807, 2.05) is 0 Å². The lowest BCUT2D eigenvalue weighted by atomic mass is 10.1. The molecule has 2 N–H and O–H groups in total. The zero-order valence-electron chi connectivity index (χ0n) is 12.3. The van der Waals surface area contributed by atoms with Crippen molar-refractivity contribution in [2.45, 2.75) is 13.5 Å². The molecule has 0 heterocycles. The minimum absolute atomic E-state index is 0.0396. The van der Waals surface area contributed by atoms with E-state index >= 15 is 0 Å². The van der Waals surface area contributed by atoms with Crippen molar-refractivity contribution in [1.29, 1.82) is 0 Å². The molecule has 5 nitrogen and oxygen atoms in total. The van der Waals surface area contributed by atoms with Crippen LogP contribution in [0.15, 0.2) is 42.5 Å². The van der Waals surface area contributed by atoms with Crippen molar-refractivity contribution in [3.05, 3.63) is 48.0 Å². The van der Waals surface area contributed by atoms with Gasteiger partial charge < -0.3 is 19.9 Å². The Hall–Kier alpha value is -2.83. The Balaban J connectivity index is 2.23. The van der Waals surface area contributed by atoms with E-state index in [1.165, 1.54) is 30.3 Å². The van der Waals surface area contributed by atoms with Gasteiger partial charge in [-0.1, -0.05) is 12.1 Å². The fourth-order valence-corrected chi connectivity index (χ4v) is 1.88. The van der Waals surface area contributed by atoms with E-state index in [9.17, 15) is 18.7 Å². The van der Waals surface area contributed by atoms with E-state index < -0.39 is 12.5 Å². The fraction of sp³-hybridized carbons (Fsp3) is 0.188. The lowest BCUT2D eigenvalue weighted by Crippen LogP contribution is -2.13. The van der Waals surface area contributed by atoms with Crippen molar-refractivity contribution in [2.75, 3.05) is 11.9 Å². The highest BCUT2D eigenvalue weighted by atomic mass is 19.3. The average Bonchev–Trinajstić information content (AvgIpc) is 2.51. The number of anilines is 1. The van der Waals surface area contributed by atoms with Crippen molar-refractivity contribution >= 4 is 11.6 Å². The topological polar surface area (TPSA) is 67.8 Å². The third kappa shape index (κ3) is 4.32.